The molecule has 152 valence electrons. The number of nitrogens with zero attached hydrogens (tertiary/aromatic N) is 2. The molecule has 1 fully saturated rings. The minimum Gasteiger partial charge on any atom is -0.368 e. The van der Waals surface area contributed by atoms with E-state index >= 15 is 0 Å². The maximum absolute atomic E-state index is 12.3. The summed E-state index contributed by atoms with van der Waals surface area (Å²) >= 11 is 17.2. The molecule has 1 aliphatic rings. The van der Waals surface area contributed by atoms with Crippen molar-refractivity contribution in [1.82, 2.24) is 10.2 Å². The second kappa shape index (κ2) is 9.43. The van der Waals surface area contributed by atoms with E-state index in [0.29, 0.717) is 10.0 Å². The topological polar surface area (TPSA) is 64.7 Å². The second-order valence-corrected chi connectivity index (χ2v) is 7.82. The van der Waals surface area contributed by atoms with Crippen LogP contribution in [0.1, 0.15) is 17.3 Å². The number of amides is 2. The Balaban J connectivity index is 1.55. The molecule has 0 unspecified atom stereocenters. The molecule has 6 nitrogen and oxygen atoms in total. The lowest BCUT2D eigenvalue weighted by atomic mass is 10.2. The predicted molar refractivity (Wildman–Crippen MR) is 121 cm³/mol. The first-order valence-corrected chi connectivity index (χ1v) is 10.2. The molecule has 2 N–H and O–H groups in total. The Morgan fingerprint density at radius 2 is 1.66 bits per heavy atom. The lowest BCUT2D eigenvalue weighted by Crippen LogP contribution is -2.48. The van der Waals surface area contributed by atoms with E-state index in [9.17, 15) is 9.59 Å². The van der Waals surface area contributed by atoms with Gasteiger partial charge in [0.2, 0.25) is 5.91 Å². The van der Waals surface area contributed by atoms with Gasteiger partial charge in [-0.3, -0.25) is 14.9 Å². The number of piperazine rings is 1. The fraction of sp³-hybridized carbons (Fsp3) is 0.250. The average molecular weight is 451 g/mol. The van der Waals surface area contributed by atoms with E-state index in [-0.39, 0.29) is 16.6 Å². The third kappa shape index (κ3) is 5.59. The van der Waals surface area contributed by atoms with Crippen molar-refractivity contribution in [2.24, 2.45) is 0 Å². The van der Waals surface area contributed by atoms with E-state index in [4.69, 9.17) is 35.4 Å². The van der Waals surface area contributed by atoms with Gasteiger partial charge in [0.05, 0.1) is 10.6 Å². The van der Waals surface area contributed by atoms with Crippen molar-refractivity contribution < 1.29 is 9.59 Å². The molecule has 0 atom stereocenters. The van der Waals surface area contributed by atoms with E-state index in [1.54, 1.807) is 19.1 Å². The first kappa shape index (κ1) is 21.4. The van der Waals surface area contributed by atoms with Gasteiger partial charge in [0.15, 0.2) is 5.11 Å². The first-order valence-electron chi connectivity index (χ1n) is 9.01. The molecule has 0 aliphatic carbocycles. The Labute approximate surface area is 184 Å². The van der Waals surface area contributed by atoms with Crippen molar-refractivity contribution in [3.63, 3.8) is 0 Å². The van der Waals surface area contributed by atoms with Gasteiger partial charge in [0.1, 0.15) is 0 Å². The minimum absolute atomic E-state index is 0.110. The third-order valence-electron chi connectivity index (χ3n) is 4.62. The first-order chi connectivity index (χ1) is 13.8. The standard InChI is InChI=1S/C20H20Cl2N4O2S/c1-13(27)25-8-10-26(11-9-25)16-5-3-15(4-6-16)23-20(29)24-19(28)17-12-14(21)2-7-18(17)22/h2-7,12H,8-11H2,1H3,(H2,23,24,28,29). The Hall–Kier alpha value is -2.35. The zero-order valence-electron chi connectivity index (χ0n) is 15.7. The minimum atomic E-state index is -0.435. The van der Waals surface area contributed by atoms with Crippen LogP contribution in [0.4, 0.5) is 11.4 Å². The highest BCUT2D eigenvalue weighted by molar-refractivity contribution is 7.80. The predicted octanol–water partition coefficient (Wildman–Crippen LogP) is 3.79. The number of hydrogen-bond acceptors (Lipinski definition) is 4. The number of carbonyl (C=O) groups is 2. The highest BCUT2D eigenvalue weighted by Gasteiger charge is 2.18. The van der Waals surface area contributed by atoms with E-state index in [0.717, 1.165) is 37.6 Å². The summed E-state index contributed by atoms with van der Waals surface area (Å²) in [5.41, 5.74) is 2.07. The van der Waals surface area contributed by atoms with Crippen LogP contribution in [-0.4, -0.2) is 48.0 Å². The maximum atomic E-state index is 12.3. The number of carbonyl (C=O) groups excluding carboxylic acids is 2. The van der Waals surface area contributed by atoms with Gasteiger partial charge in [-0.05, 0) is 54.7 Å². The van der Waals surface area contributed by atoms with Gasteiger partial charge in [0.25, 0.3) is 5.91 Å². The van der Waals surface area contributed by atoms with Gasteiger partial charge >= 0.3 is 0 Å². The fourth-order valence-electron chi connectivity index (χ4n) is 3.04. The molecular formula is C20H20Cl2N4O2S. The van der Waals surface area contributed by atoms with Gasteiger partial charge < -0.3 is 15.1 Å². The van der Waals surface area contributed by atoms with Crippen molar-refractivity contribution in [3.05, 3.63) is 58.1 Å². The average Bonchev–Trinajstić information content (AvgIpc) is 2.70. The largest absolute Gasteiger partial charge is 0.368 e. The molecule has 2 aromatic rings. The zero-order chi connectivity index (χ0) is 21.0. The highest BCUT2D eigenvalue weighted by Crippen LogP contribution is 2.21. The van der Waals surface area contributed by atoms with Crippen LogP contribution in [0.2, 0.25) is 10.0 Å². The summed E-state index contributed by atoms with van der Waals surface area (Å²) in [7, 11) is 0. The molecule has 3 rings (SSSR count). The number of thiocarbonyl (C=S) groups is 1. The smallest absolute Gasteiger partial charge is 0.258 e. The quantitative estimate of drug-likeness (QED) is 0.696. The summed E-state index contributed by atoms with van der Waals surface area (Å²) in [6, 6.07) is 12.4. The Bertz CT molecular complexity index is 929. The molecule has 1 heterocycles. The normalized spacial score (nSPS) is 13.8. The third-order valence-corrected chi connectivity index (χ3v) is 5.38. The van der Waals surface area contributed by atoms with Crippen molar-refractivity contribution in [3.8, 4) is 0 Å². The fourth-order valence-corrected chi connectivity index (χ4v) is 3.63. The number of anilines is 2. The molecule has 2 aromatic carbocycles. The Kier molecular flexibility index (Phi) is 6.95. The Morgan fingerprint density at radius 3 is 2.28 bits per heavy atom. The summed E-state index contributed by atoms with van der Waals surface area (Å²) in [5.74, 6) is -0.325. The molecule has 29 heavy (non-hydrogen) atoms. The highest BCUT2D eigenvalue weighted by atomic mass is 35.5. The van der Waals surface area contributed by atoms with Gasteiger partial charge in [-0.25, -0.2) is 0 Å². The number of benzene rings is 2. The van der Waals surface area contributed by atoms with E-state index in [2.05, 4.69) is 15.5 Å². The van der Waals surface area contributed by atoms with Crippen molar-refractivity contribution >= 4 is 63.7 Å². The molecule has 0 bridgehead atoms. The summed E-state index contributed by atoms with van der Waals surface area (Å²) in [5, 5.41) is 6.45. The maximum Gasteiger partial charge on any atom is 0.258 e. The van der Waals surface area contributed by atoms with Crippen LogP contribution in [-0.2, 0) is 4.79 Å². The van der Waals surface area contributed by atoms with E-state index < -0.39 is 5.91 Å². The van der Waals surface area contributed by atoms with Gasteiger partial charge in [0, 0.05) is 49.5 Å². The number of halogens is 2. The van der Waals surface area contributed by atoms with Crippen LogP contribution in [0.5, 0.6) is 0 Å². The molecule has 0 radical (unpaired) electrons. The zero-order valence-corrected chi connectivity index (χ0v) is 18.1. The summed E-state index contributed by atoms with van der Waals surface area (Å²) in [4.78, 5) is 27.8. The lowest BCUT2D eigenvalue weighted by Gasteiger charge is -2.35. The van der Waals surface area contributed by atoms with Crippen LogP contribution in [0.3, 0.4) is 0 Å². The summed E-state index contributed by atoms with van der Waals surface area (Å²) < 4.78 is 0. The molecule has 9 heteroatoms. The van der Waals surface area contributed by atoms with Crippen molar-refractivity contribution in [2.45, 2.75) is 6.92 Å². The van der Waals surface area contributed by atoms with E-state index in [1.807, 2.05) is 29.2 Å². The molecule has 1 saturated heterocycles. The van der Waals surface area contributed by atoms with Gasteiger partial charge in [-0.2, -0.15) is 0 Å². The molecule has 0 spiro atoms. The van der Waals surface area contributed by atoms with E-state index in [1.165, 1.54) is 6.07 Å². The Morgan fingerprint density at radius 1 is 1.00 bits per heavy atom. The van der Waals surface area contributed by atoms with Gasteiger partial charge in [-0.1, -0.05) is 23.2 Å². The summed E-state index contributed by atoms with van der Waals surface area (Å²) in [6.45, 7) is 4.62. The molecule has 2 amide bonds. The molecule has 0 aromatic heterocycles. The van der Waals surface area contributed by atoms with Gasteiger partial charge in [-0.15, -0.1) is 0 Å². The monoisotopic (exact) mass is 450 g/mol. The SMILES string of the molecule is CC(=O)N1CCN(c2ccc(NC(=S)NC(=O)c3cc(Cl)ccc3Cl)cc2)CC1. The molecule has 1 aliphatic heterocycles. The van der Waals surface area contributed by atoms with Crippen LogP contribution in [0.25, 0.3) is 0 Å². The molecular weight excluding hydrogens is 431 g/mol. The number of rotatable bonds is 3. The lowest BCUT2D eigenvalue weighted by molar-refractivity contribution is -0.129. The van der Waals surface area contributed by atoms with Crippen LogP contribution in [0, 0.1) is 0 Å². The van der Waals surface area contributed by atoms with Crippen LogP contribution in [0.15, 0.2) is 42.5 Å². The van der Waals surface area contributed by atoms with Crippen molar-refractivity contribution in [1.29, 1.82) is 0 Å². The number of hydrogen-bond donors (Lipinski definition) is 2. The molecule has 0 saturated carbocycles. The van der Waals surface area contributed by atoms with Crippen molar-refractivity contribution in [2.75, 3.05) is 36.4 Å². The van der Waals surface area contributed by atoms with Crippen LogP contribution < -0.4 is 15.5 Å². The number of nitrogens with one attached hydrogen (secondary N) is 2. The second-order valence-electron chi connectivity index (χ2n) is 6.57. The summed E-state index contributed by atoms with van der Waals surface area (Å²) in [6.07, 6.45) is 0. The van der Waals surface area contributed by atoms with Crippen LogP contribution >= 0.6 is 35.4 Å².